The van der Waals surface area contributed by atoms with Gasteiger partial charge in [0.25, 0.3) is 5.95 Å². The Hall–Kier alpha value is -1.44. The van der Waals surface area contributed by atoms with Crippen LogP contribution in [0.1, 0.15) is 11.1 Å². The van der Waals surface area contributed by atoms with Crippen LogP contribution in [0.15, 0.2) is 22.6 Å². The fraction of sp³-hybridized carbons (Fsp3) is 0.200. The summed E-state index contributed by atoms with van der Waals surface area (Å²) in [6.07, 6.45) is 0. The molecule has 2 heteroatoms. The Morgan fingerprint density at radius 1 is 1.25 bits per heavy atom. The first-order valence-corrected chi connectivity index (χ1v) is 3.88. The normalized spacial score (nSPS) is 10.8. The van der Waals surface area contributed by atoms with Crippen molar-refractivity contribution in [3.63, 3.8) is 0 Å². The van der Waals surface area contributed by atoms with Crippen LogP contribution in [0.4, 0.5) is 0 Å². The topological polar surface area (TPSA) is 33.4 Å². The van der Waals surface area contributed by atoms with Gasteiger partial charge in [-0.15, -0.1) is 0 Å². The minimum atomic E-state index is 0.0271. The summed E-state index contributed by atoms with van der Waals surface area (Å²) in [6.45, 7) is 3.86. The van der Waals surface area contributed by atoms with E-state index in [1.54, 1.807) is 0 Å². The number of aryl methyl sites for hydroxylation is 2. The van der Waals surface area contributed by atoms with Crippen LogP contribution in [0, 0.1) is 13.8 Å². The second kappa shape index (κ2) is 2.27. The molecule has 1 aromatic carbocycles. The molecule has 0 spiro atoms. The fourth-order valence-corrected chi connectivity index (χ4v) is 1.49. The van der Waals surface area contributed by atoms with Crippen molar-refractivity contribution < 1.29 is 9.52 Å². The molecule has 2 aromatic rings. The molecule has 0 bridgehead atoms. The van der Waals surface area contributed by atoms with Gasteiger partial charge in [0, 0.05) is 10.9 Å². The maximum Gasteiger partial charge on any atom is 0.286 e. The van der Waals surface area contributed by atoms with E-state index in [0.29, 0.717) is 0 Å². The lowest BCUT2D eigenvalue weighted by molar-refractivity contribution is 0.343. The van der Waals surface area contributed by atoms with E-state index in [0.717, 1.165) is 22.1 Å². The highest BCUT2D eigenvalue weighted by Gasteiger charge is 2.09. The summed E-state index contributed by atoms with van der Waals surface area (Å²) in [6, 6.07) is 5.78. The third-order valence-electron chi connectivity index (χ3n) is 2.14. The van der Waals surface area contributed by atoms with Crippen LogP contribution in [-0.4, -0.2) is 5.11 Å². The number of furan rings is 1. The average molecular weight is 162 g/mol. The average Bonchev–Trinajstić information content (AvgIpc) is 2.29. The zero-order valence-corrected chi connectivity index (χ0v) is 7.09. The van der Waals surface area contributed by atoms with Gasteiger partial charge in [-0.05, 0) is 25.5 Å². The van der Waals surface area contributed by atoms with E-state index < -0.39 is 0 Å². The summed E-state index contributed by atoms with van der Waals surface area (Å²) in [5, 5.41) is 10.3. The van der Waals surface area contributed by atoms with Gasteiger partial charge in [-0.25, -0.2) is 0 Å². The maximum atomic E-state index is 9.30. The minimum Gasteiger partial charge on any atom is -0.480 e. The van der Waals surface area contributed by atoms with E-state index in [9.17, 15) is 5.11 Å². The van der Waals surface area contributed by atoms with Crippen LogP contribution >= 0.6 is 0 Å². The molecule has 0 aliphatic carbocycles. The first kappa shape index (κ1) is 7.22. The van der Waals surface area contributed by atoms with Crippen molar-refractivity contribution in [2.75, 3.05) is 0 Å². The fourth-order valence-electron chi connectivity index (χ4n) is 1.49. The lowest BCUT2D eigenvalue weighted by Crippen LogP contribution is -1.74. The molecule has 1 N–H and O–H groups in total. The van der Waals surface area contributed by atoms with Crippen molar-refractivity contribution in [2.45, 2.75) is 13.8 Å². The Balaban J connectivity index is 2.97. The van der Waals surface area contributed by atoms with Crippen LogP contribution in [0.2, 0.25) is 0 Å². The molecule has 0 aliphatic heterocycles. The van der Waals surface area contributed by atoms with E-state index in [-0.39, 0.29) is 5.95 Å². The molecule has 1 heterocycles. The van der Waals surface area contributed by atoms with Gasteiger partial charge in [-0.1, -0.05) is 12.1 Å². The van der Waals surface area contributed by atoms with Crippen molar-refractivity contribution >= 4 is 11.0 Å². The Labute approximate surface area is 70.4 Å². The summed E-state index contributed by atoms with van der Waals surface area (Å²) >= 11 is 0. The van der Waals surface area contributed by atoms with Crippen molar-refractivity contribution in [1.82, 2.24) is 0 Å². The monoisotopic (exact) mass is 162 g/mol. The van der Waals surface area contributed by atoms with E-state index in [2.05, 4.69) is 0 Å². The molecule has 1 aromatic heterocycles. The largest absolute Gasteiger partial charge is 0.480 e. The molecule has 12 heavy (non-hydrogen) atoms. The van der Waals surface area contributed by atoms with Crippen molar-refractivity contribution in [3.05, 3.63) is 29.3 Å². The standard InChI is InChI=1S/C10H10O2/c1-6-4-3-5-8-9(6)7(2)10(11)12-8/h3-5,11H,1-2H3. The van der Waals surface area contributed by atoms with E-state index in [4.69, 9.17) is 4.42 Å². The summed E-state index contributed by atoms with van der Waals surface area (Å²) in [7, 11) is 0. The Morgan fingerprint density at radius 2 is 2.00 bits per heavy atom. The van der Waals surface area contributed by atoms with Gasteiger partial charge in [0.1, 0.15) is 5.58 Å². The molecule has 0 saturated heterocycles. The zero-order chi connectivity index (χ0) is 8.72. The molecular formula is C10H10O2. The predicted octanol–water partition coefficient (Wildman–Crippen LogP) is 2.76. The quantitative estimate of drug-likeness (QED) is 0.646. The van der Waals surface area contributed by atoms with E-state index in [1.165, 1.54) is 0 Å². The number of benzene rings is 1. The molecule has 0 aliphatic rings. The summed E-state index contributed by atoms with van der Waals surface area (Å²) in [5.74, 6) is 0.0271. The Morgan fingerprint density at radius 3 is 2.67 bits per heavy atom. The number of hydrogen-bond donors (Lipinski definition) is 1. The third-order valence-corrected chi connectivity index (χ3v) is 2.14. The number of aromatic hydroxyl groups is 1. The minimum absolute atomic E-state index is 0.0271. The van der Waals surface area contributed by atoms with Gasteiger partial charge >= 0.3 is 0 Å². The molecule has 0 unspecified atom stereocenters. The SMILES string of the molecule is Cc1cccc2oc(O)c(C)c12. The second-order valence-corrected chi connectivity index (χ2v) is 2.98. The van der Waals surface area contributed by atoms with Crippen LogP contribution in [0.25, 0.3) is 11.0 Å². The molecule has 0 atom stereocenters. The molecular weight excluding hydrogens is 152 g/mol. The molecule has 0 fully saturated rings. The number of hydrogen-bond acceptors (Lipinski definition) is 2. The number of fused-ring (bicyclic) bond motifs is 1. The lowest BCUT2D eigenvalue weighted by Gasteiger charge is -1.93. The van der Waals surface area contributed by atoms with Gasteiger partial charge in [-0.2, -0.15) is 0 Å². The highest BCUT2D eigenvalue weighted by molar-refractivity contribution is 5.86. The lowest BCUT2D eigenvalue weighted by atomic mass is 10.1. The van der Waals surface area contributed by atoms with Gasteiger partial charge < -0.3 is 9.52 Å². The van der Waals surface area contributed by atoms with Crippen molar-refractivity contribution in [2.24, 2.45) is 0 Å². The van der Waals surface area contributed by atoms with Gasteiger partial charge in [0.2, 0.25) is 0 Å². The summed E-state index contributed by atoms with van der Waals surface area (Å²) in [4.78, 5) is 0. The first-order valence-electron chi connectivity index (χ1n) is 3.88. The van der Waals surface area contributed by atoms with E-state index in [1.807, 2.05) is 32.0 Å². The van der Waals surface area contributed by atoms with Crippen LogP contribution < -0.4 is 0 Å². The molecule has 0 radical (unpaired) electrons. The zero-order valence-electron chi connectivity index (χ0n) is 7.09. The summed E-state index contributed by atoms with van der Waals surface area (Å²) in [5.41, 5.74) is 2.71. The molecule has 0 amide bonds. The predicted molar refractivity (Wildman–Crippen MR) is 47.4 cm³/mol. The third kappa shape index (κ3) is 0.811. The maximum absolute atomic E-state index is 9.30. The second-order valence-electron chi connectivity index (χ2n) is 2.98. The highest BCUT2D eigenvalue weighted by Crippen LogP contribution is 2.31. The van der Waals surface area contributed by atoms with Crippen molar-refractivity contribution in [1.29, 1.82) is 0 Å². The highest BCUT2D eigenvalue weighted by atomic mass is 16.5. The van der Waals surface area contributed by atoms with Crippen molar-refractivity contribution in [3.8, 4) is 5.95 Å². The van der Waals surface area contributed by atoms with Gasteiger partial charge in [0.15, 0.2) is 0 Å². The molecule has 2 rings (SSSR count). The molecule has 62 valence electrons. The molecule has 0 saturated carbocycles. The summed E-state index contributed by atoms with van der Waals surface area (Å²) < 4.78 is 5.14. The van der Waals surface area contributed by atoms with Crippen LogP contribution in [0.3, 0.4) is 0 Å². The van der Waals surface area contributed by atoms with E-state index >= 15 is 0 Å². The Kier molecular flexibility index (Phi) is 1.37. The smallest absolute Gasteiger partial charge is 0.286 e. The van der Waals surface area contributed by atoms with Gasteiger partial charge in [0.05, 0.1) is 0 Å². The first-order chi connectivity index (χ1) is 5.70. The molecule has 2 nitrogen and oxygen atoms in total. The van der Waals surface area contributed by atoms with Crippen LogP contribution in [0.5, 0.6) is 5.95 Å². The van der Waals surface area contributed by atoms with Crippen LogP contribution in [-0.2, 0) is 0 Å². The Bertz CT molecular complexity index is 427. The van der Waals surface area contributed by atoms with Gasteiger partial charge in [-0.3, -0.25) is 0 Å². The number of rotatable bonds is 0.